The van der Waals surface area contributed by atoms with Gasteiger partial charge in [0.05, 0.1) is 6.04 Å². The molecule has 5 nitrogen and oxygen atoms in total. The maximum atomic E-state index is 13.2. The lowest BCUT2D eigenvalue weighted by atomic mass is 9.93. The van der Waals surface area contributed by atoms with Crippen LogP contribution in [0.25, 0.3) is 0 Å². The lowest BCUT2D eigenvalue weighted by molar-refractivity contribution is -0.135. The smallest absolute Gasteiger partial charge is 0.261 e. The quantitative estimate of drug-likeness (QED) is 0.691. The molecule has 1 N–H and O–H groups in total. The molecular formula is C24H22N2O3S. The zero-order valence-corrected chi connectivity index (χ0v) is 17.3. The Balaban J connectivity index is 1.34. The number of aryl methyl sites for hydroxylation is 1. The number of nitrogens with zero attached hydrogens (tertiary/aromatic N) is 1. The number of carbonyl (C=O) groups is 2. The second-order valence-electron chi connectivity index (χ2n) is 7.61. The van der Waals surface area contributed by atoms with Gasteiger partial charge in [-0.15, -0.1) is 11.3 Å². The van der Waals surface area contributed by atoms with E-state index in [0.717, 1.165) is 23.2 Å². The summed E-state index contributed by atoms with van der Waals surface area (Å²) >= 11 is 1.76. The van der Waals surface area contributed by atoms with Crippen LogP contribution in [0.1, 0.15) is 34.0 Å². The average Bonchev–Trinajstić information content (AvgIpc) is 3.26. The molecule has 0 aliphatic carbocycles. The molecular weight excluding hydrogens is 396 g/mol. The average molecular weight is 419 g/mol. The van der Waals surface area contributed by atoms with E-state index in [0.29, 0.717) is 25.1 Å². The number of hydrogen-bond donors (Lipinski definition) is 1. The van der Waals surface area contributed by atoms with Crippen molar-refractivity contribution in [1.29, 1.82) is 0 Å². The largest absolute Gasteiger partial charge is 0.484 e. The lowest BCUT2D eigenvalue weighted by Crippen LogP contribution is -2.42. The fourth-order valence-electron chi connectivity index (χ4n) is 4.26. The molecule has 0 bridgehead atoms. The fourth-order valence-corrected chi connectivity index (χ4v) is 5.16. The molecule has 0 fully saturated rings. The van der Waals surface area contributed by atoms with Crippen molar-refractivity contribution in [3.8, 4) is 5.75 Å². The molecule has 3 heterocycles. The van der Waals surface area contributed by atoms with Gasteiger partial charge in [-0.05, 0) is 59.2 Å². The van der Waals surface area contributed by atoms with Crippen molar-refractivity contribution in [1.82, 2.24) is 4.90 Å². The summed E-state index contributed by atoms with van der Waals surface area (Å²) < 4.78 is 5.87. The molecule has 0 saturated heterocycles. The van der Waals surface area contributed by atoms with Gasteiger partial charge in [0.2, 0.25) is 5.91 Å². The van der Waals surface area contributed by atoms with Crippen LogP contribution in [0.3, 0.4) is 0 Å². The van der Waals surface area contributed by atoms with Gasteiger partial charge in [0.15, 0.2) is 6.61 Å². The summed E-state index contributed by atoms with van der Waals surface area (Å²) in [5.41, 5.74) is 4.21. The topological polar surface area (TPSA) is 58.6 Å². The molecule has 1 aromatic heterocycles. The van der Waals surface area contributed by atoms with Crippen LogP contribution in [0, 0.1) is 0 Å². The second-order valence-corrected chi connectivity index (χ2v) is 8.61. The Labute approximate surface area is 179 Å². The summed E-state index contributed by atoms with van der Waals surface area (Å²) in [6.07, 6.45) is 2.04. The number of thiophene rings is 1. The minimum Gasteiger partial charge on any atom is -0.484 e. The zero-order chi connectivity index (χ0) is 20.5. The third-order valence-corrected chi connectivity index (χ3v) is 6.73. The third-order valence-electron chi connectivity index (χ3n) is 5.74. The highest BCUT2D eigenvalue weighted by molar-refractivity contribution is 7.10. The van der Waals surface area contributed by atoms with Crippen molar-refractivity contribution in [2.45, 2.75) is 25.3 Å². The molecule has 6 heteroatoms. The SMILES string of the molecule is O=C1CCc2cc(OCC(=O)N3CCc4sccc4[C@H]3c3ccccc3)ccc2N1. The van der Waals surface area contributed by atoms with Crippen molar-refractivity contribution >= 4 is 28.8 Å². The Bertz CT molecular complexity index is 1090. The molecule has 5 rings (SSSR count). The zero-order valence-electron chi connectivity index (χ0n) is 16.5. The maximum Gasteiger partial charge on any atom is 0.261 e. The van der Waals surface area contributed by atoms with Gasteiger partial charge in [-0.2, -0.15) is 0 Å². The predicted molar refractivity (Wildman–Crippen MR) is 117 cm³/mol. The van der Waals surface area contributed by atoms with Gasteiger partial charge in [0, 0.05) is 23.5 Å². The Hall–Kier alpha value is -3.12. The van der Waals surface area contributed by atoms with Crippen LogP contribution in [0.5, 0.6) is 5.75 Å². The van der Waals surface area contributed by atoms with Gasteiger partial charge < -0.3 is 15.0 Å². The van der Waals surface area contributed by atoms with E-state index in [1.165, 1.54) is 10.4 Å². The van der Waals surface area contributed by atoms with Gasteiger partial charge in [0.1, 0.15) is 5.75 Å². The number of fused-ring (bicyclic) bond motifs is 2. The monoisotopic (exact) mass is 418 g/mol. The second kappa shape index (κ2) is 7.95. The molecule has 2 aromatic carbocycles. The number of carbonyl (C=O) groups excluding carboxylic acids is 2. The summed E-state index contributed by atoms with van der Waals surface area (Å²) in [4.78, 5) is 28.0. The van der Waals surface area contributed by atoms with E-state index in [4.69, 9.17) is 4.74 Å². The summed E-state index contributed by atoms with van der Waals surface area (Å²) in [7, 11) is 0. The number of nitrogens with one attached hydrogen (secondary N) is 1. The van der Waals surface area contributed by atoms with Crippen molar-refractivity contribution in [2.75, 3.05) is 18.5 Å². The summed E-state index contributed by atoms with van der Waals surface area (Å²) in [6, 6.07) is 17.8. The van der Waals surface area contributed by atoms with Gasteiger partial charge >= 0.3 is 0 Å². The minimum absolute atomic E-state index is 0.00600. The minimum atomic E-state index is -0.0731. The van der Waals surface area contributed by atoms with Crippen LogP contribution in [0.4, 0.5) is 5.69 Å². The summed E-state index contributed by atoms with van der Waals surface area (Å²) in [5, 5.41) is 4.97. The van der Waals surface area contributed by atoms with E-state index in [9.17, 15) is 9.59 Å². The first-order valence-electron chi connectivity index (χ1n) is 10.2. The van der Waals surface area contributed by atoms with Crippen molar-refractivity contribution in [2.24, 2.45) is 0 Å². The number of benzene rings is 2. The van der Waals surface area contributed by atoms with E-state index in [-0.39, 0.29) is 24.5 Å². The van der Waals surface area contributed by atoms with Crippen LogP contribution in [-0.4, -0.2) is 29.9 Å². The highest BCUT2D eigenvalue weighted by Gasteiger charge is 2.32. The Morgan fingerprint density at radius 1 is 1.10 bits per heavy atom. The van der Waals surface area contributed by atoms with Crippen LogP contribution in [-0.2, 0) is 22.4 Å². The standard InChI is InChI=1S/C24H22N2O3S/c27-22-9-6-17-14-18(7-8-20(17)25-22)29-15-23(28)26-12-10-21-19(11-13-30-21)24(26)16-4-2-1-3-5-16/h1-5,7-8,11,13-14,24H,6,9-10,12,15H2,(H,25,27)/t24-/m1/s1. The Morgan fingerprint density at radius 2 is 1.97 bits per heavy atom. The number of ether oxygens (including phenoxy) is 1. The molecule has 0 spiro atoms. The van der Waals surface area contributed by atoms with E-state index in [1.807, 2.05) is 35.2 Å². The van der Waals surface area contributed by atoms with E-state index < -0.39 is 0 Å². The molecule has 30 heavy (non-hydrogen) atoms. The number of amides is 2. The highest BCUT2D eigenvalue weighted by Crippen LogP contribution is 2.37. The van der Waals surface area contributed by atoms with Gasteiger partial charge in [0.25, 0.3) is 5.91 Å². The molecule has 2 amide bonds. The molecule has 1 atom stereocenters. The van der Waals surface area contributed by atoms with Crippen molar-refractivity contribution in [3.05, 3.63) is 81.5 Å². The van der Waals surface area contributed by atoms with Crippen molar-refractivity contribution < 1.29 is 14.3 Å². The number of rotatable bonds is 4. The van der Waals surface area contributed by atoms with Crippen LogP contribution in [0.2, 0.25) is 0 Å². The van der Waals surface area contributed by atoms with Crippen LogP contribution >= 0.6 is 11.3 Å². The van der Waals surface area contributed by atoms with Gasteiger partial charge in [-0.25, -0.2) is 0 Å². The highest BCUT2D eigenvalue weighted by atomic mass is 32.1. The first-order valence-corrected chi connectivity index (χ1v) is 11.0. The molecule has 0 saturated carbocycles. The van der Waals surface area contributed by atoms with E-state index >= 15 is 0 Å². The molecule has 3 aromatic rings. The first-order chi connectivity index (χ1) is 14.7. The molecule has 0 unspecified atom stereocenters. The van der Waals surface area contributed by atoms with Gasteiger partial charge in [-0.1, -0.05) is 30.3 Å². The van der Waals surface area contributed by atoms with E-state index in [2.05, 4.69) is 28.9 Å². The fraction of sp³-hybridized carbons (Fsp3) is 0.250. The number of anilines is 1. The van der Waals surface area contributed by atoms with Crippen molar-refractivity contribution in [3.63, 3.8) is 0 Å². The van der Waals surface area contributed by atoms with Crippen LogP contribution in [0.15, 0.2) is 60.0 Å². The summed E-state index contributed by atoms with van der Waals surface area (Å²) in [5.74, 6) is 0.672. The Kier molecular flexibility index (Phi) is 5.01. The number of hydrogen-bond acceptors (Lipinski definition) is 4. The molecule has 0 radical (unpaired) electrons. The molecule has 2 aliphatic heterocycles. The third kappa shape index (κ3) is 3.59. The lowest BCUT2D eigenvalue weighted by Gasteiger charge is -2.36. The maximum absolute atomic E-state index is 13.2. The predicted octanol–water partition coefficient (Wildman–Crippen LogP) is 4.19. The Morgan fingerprint density at radius 3 is 2.83 bits per heavy atom. The first kappa shape index (κ1) is 18.9. The van der Waals surface area contributed by atoms with Gasteiger partial charge in [-0.3, -0.25) is 9.59 Å². The summed E-state index contributed by atoms with van der Waals surface area (Å²) in [6.45, 7) is 0.680. The molecule has 152 valence electrons. The van der Waals surface area contributed by atoms with E-state index in [1.54, 1.807) is 17.4 Å². The normalized spacial score (nSPS) is 17.7. The molecule has 2 aliphatic rings. The van der Waals surface area contributed by atoms with Crippen LogP contribution < -0.4 is 10.1 Å².